The molecule has 0 radical (unpaired) electrons. The molecule has 1 saturated carbocycles. The van der Waals surface area contributed by atoms with Gasteiger partial charge in [0.15, 0.2) is 0 Å². The van der Waals surface area contributed by atoms with Crippen molar-refractivity contribution in [1.82, 2.24) is 20.2 Å². The zero-order chi connectivity index (χ0) is 23.3. The van der Waals surface area contributed by atoms with Gasteiger partial charge in [0.25, 0.3) is 5.91 Å². The molecule has 2 aromatic rings. The van der Waals surface area contributed by atoms with Crippen molar-refractivity contribution in [3.63, 3.8) is 0 Å². The smallest absolute Gasteiger partial charge is 0.253 e. The molecule has 0 saturated heterocycles. The third kappa shape index (κ3) is 5.87. The summed E-state index contributed by atoms with van der Waals surface area (Å²) in [5.74, 6) is 1.39. The first-order chi connectivity index (χ1) is 15.3. The molecule has 1 heterocycles. The Balaban J connectivity index is 1.80. The van der Waals surface area contributed by atoms with Gasteiger partial charge in [0, 0.05) is 44.9 Å². The van der Waals surface area contributed by atoms with Gasteiger partial charge in [-0.1, -0.05) is 12.8 Å². The molecule has 1 aliphatic carbocycles. The molecule has 0 bridgehead atoms. The lowest BCUT2D eigenvalue weighted by atomic mass is 9.90. The first kappa shape index (κ1) is 23.8. The van der Waals surface area contributed by atoms with E-state index >= 15 is 0 Å². The number of carbonyl (C=O) groups is 2. The molecular weight excluding hydrogens is 476 g/mol. The number of benzene rings is 1. The Labute approximate surface area is 196 Å². The fraction of sp³-hybridized carbons (Fsp3) is 0.455. The van der Waals surface area contributed by atoms with E-state index in [1.807, 2.05) is 0 Å². The van der Waals surface area contributed by atoms with Crippen LogP contribution < -0.4 is 20.7 Å². The molecule has 0 aliphatic heterocycles. The summed E-state index contributed by atoms with van der Waals surface area (Å²) in [4.78, 5) is 34.3. The first-order valence-electron chi connectivity index (χ1n) is 10.5. The summed E-state index contributed by atoms with van der Waals surface area (Å²) in [5.41, 5.74) is 1.17. The maximum absolute atomic E-state index is 12.2. The maximum atomic E-state index is 12.2. The Morgan fingerprint density at radius 2 is 1.91 bits per heavy atom. The maximum Gasteiger partial charge on any atom is 0.253 e. The van der Waals surface area contributed by atoms with Crippen LogP contribution in [0.2, 0.25) is 0 Å². The first-order valence-corrected chi connectivity index (χ1v) is 11.3. The second kappa shape index (κ2) is 10.6. The highest BCUT2D eigenvalue weighted by atomic mass is 79.9. The van der Waals surface area contributed by atoms with E-state index in [2.05, 4.69) is 41.8 Å². The molecule has 0 spiro atoms. The quantitative estimate of drug-likeness (QED) is 0.528. The monoisotopic (exact) mass is 504 g/mol. The largest absolute Gasteiger partial charge is 0.495 e. The van der Waals surface area contributed by atoms with Gasteiger partial charge in [0.05, 0.1) is 17.3 Å². The highest BCUT2D eigenvalue weighted by molar-refractivity contribution is 9.10. The van der Waals surface area contributed by atoms with Crippen LogP contribution in [0.1, 0.15) is 43.0 Å². The van der Waals surface area contributed by atoms with E-state index in [0.29, 0.717) is 28.8 Å². The number of methoxy groups -OCH3 is 1. The predicted octanol–water partition coefficient (Wildman–Crippen LogP) is 3.55. The molecule has 3 rings (SSSR count). The minimum Gasteiger partial charge on any atom is -0.495 e. The second-order valence-corrected chi connectivity index (χ2v) is 8.83. The van der Waals surface area contributed by atoms with Crippen LogP contribution >= 0.6 is 15.9 Å². The normalized spacial score (nSPS) is 17.9. The lowest BCUT2D eigenvalue weighted by molar-refractivity contribution is -0.119. The molecule has 1 aliphatic rings. The third-order valence-electron chi connectivity index (χ3n) is 5.32. The molecule has 32 heavy (non-hydrogen) atoms. The van der Waals surface area contributed by atoms with Crippen LogP contribution in [0.3, 0.4) is 0 Å². The van der Waals surface area contributed by atoms with Crippen molar-refractivity contribution in [1.29, 1.82) is 0 Å². The number of nitrogens with one attached hydrogen (secondary N) is 3. The van der Waals surface area contributed by atoms with Crippen LogP contribution in [0, 0.1) is 0 Å². The number of nitrogens with zero attached hydrogens (tertiary/aromatic N) is 3. The molecule has 172 valence electrons. The van der Waals surface area contributed by atoms with Crippen molar-refractivity contribution in [2.24, 2.45) is 0 Å². The summed E-state index contributed by atoms with van der Waals surface area (Å²) in [6, 6.07) is 5.31. The van der Waals surface area contributed by atoms with Crippen molar-refractivity contribution in [3.05, 3.63) is 34.4 Å². The lowest BCUT2D eigenvalue weighted by Gasteiger charge is -2.33. The van der Waals surface area contributed by atoms with E-state index in [9.17, 15) is 9.59 Å². The predicted molar refractivity (Wildman–Crippen MR) is 128 cm³/mol. The minimum atomic E-state index is -0.109. The molecular formula is C22H29BrN6O3. The Hall–Kier alpha value is -2.88. The van der Waals surface area contributed by atoms with Gasteiger partial charge in [-0.2, -0.15) is 4.98 Å². The van der Waals surface area contributed by atoms with Crippen molar-refractivity contribution < 1.29 is 14.3 Å². The van der Waals surface area contributed by atoms with Crippen LogP contribution in [0.25, 0.3) is 0 Å². The van der Waals surface area contributed by atoms with Gasteiger partial charge < -0.3 is 25.6 Å². The topological polar surface area (TPSA) is 108 Å². The second-order valence-electron chi connectivity index (χ2n) is 7.97. The highest BCUT2D eigenvalue weighted by Crippen LogP contribution is 2.30. The van der Waals surface area contributed by atoms with Gasteiger partial charge in [-0.25, -0.2) is 4.98 Å². The average Bonchev–Trinajstić information content (AvgIpc) is 2.76. The zero-order valence-electron chi connectivity index (χ0n) is 18.7. The van der Waals surface area contributed by atoms with Gasteiger partial charge in [-0.05, 0) is 47.0 Å². The van der Waals surface area contributed by atoms with Crippen LogP contribution in [-0.4, -0.2) is 60.0 Å². The van der Waals surface area contributed by atoms with Crippen LogP contribution in [0.4, 0.5) is 17.5 Å². The van der Waals surface area contributed by atoms with E-state index in [1.165, 1.54) is 4.90 Å². The Bertz CT molecular complexity index is 984. The highest BCUT2D eigenvalue weighted by Gasteiger charge is 2.26. The molecule has 3 N–H and O–H groups in total. The van der Waals surface area contributed by atoms with Crippen LogP contribution in [0.5, 0.6) is 5.75 Å². The number of ether oxygens (including phenoxy) is 1. The fourth-order valence-electron chi connectivity index (χ4n) is 3.75. The molecule has 10 heteroatoms. The van der Waals surface area contributed by atoms with Crippen molar-refractivity contribution in [3.8, 4) is 5.75 Å². The molecule has 2 amide bonds. The number of halogens is 1. The molecule has 1 aromatic carbocycles. The van der Waals surface area contributed by atoms with Crippen LogP contribution in [-0.2, 0) is 4.79 Å². The number of rotatable bonds is 7. The van der Waals surface area contributed by atoms with Gasteiger partial charge >= 0.3 is 0 Å². The SMILES string of the molecule is COc1cc(C(=O)N(C)C)ccc1Nc1ncc(Br)c(N[C@@H]2CCCC[C@H]2NC(C)=O)n1. The summed E-state index contributed by atoms with van der Waals surface area (Å²) < 4.78 is 6.19. The van der Waals surface area contributed by atoms with Gasteiger partial charge in [0.2, 0.25) is 11.9 Å². The third-order valence-corrected chi connectivity index (χ3v) is 5.90. The van der Waals surface area contributed by atoms with E-state index in [-0.39, 0.29) is 23.9 Å². The Morgan fingerprint density at radius 3 is 2.56 bits per heavy atom. The van der Waals surface area contributed by atoms with E-state index < -0.39 is 0 Å². The van der Waals surface area contributed by atoms with E-state index in [4.69, 9.17) is 4.74 Å². The molecule has 1 fully saturated rings. The summed E-state index contributed by atoms with van der Waals surface area (Å²) in [5, 5.41) is 9.67. The zero-order valence-corrected chi connectivity index (χ0v) is 20.3. The lowest BCUT2D eigenvalue weighted by Crippen LogP contribution is -2.48. The summed E-state index contributed by atoms with van der Waals surface area (Å²) >= 11 is 3.51. The number of carbonyl (C=O) groups excluding carboxylic acids is 2. The Morgan fingerprint density at radius 1 is 1.19 bits per heavy atom. The number of hydrogen-bond acceptors (Lipinski definition) is 7. The standard InChI is InChI=1S/C22H29BrN6O3/c1-13(30)25-16-7-5-6-8-17(16)26-20-15(23)12-24-22(28-20)27-18-10-9-14(11-19(18)32-4)21(31)29(2)3/h9-12,16-17H,5-8H2,1-4H3,(H,25,30)(H2,24,26,27,28)/t16-,17-/m1/s1. The van der Waals surface area contributed by atoms with E-state index in [0.717, 1.165) is 30.2 Å². The summed E-state index contributed by atoms with van der Waals surface area (Å²) in [7, 11) is 4.95. The van der Waals surface area contributed by atoms with Crippen molar-refractivity contribution >= 4 is 45.2 Å². The number of amides is 2. The van der Waals surface area contributed by atoms with Crippen molar-refractivity contribution in [2.75, 3.05) is 31.8 Å². The molecule has 2 atom stereocenters. The number of anilines is 3. The van der Waals surface area contributed by atoms with Gasteiger partial charge in [-0.15, -0.1) is 0 Å². The summed E-state index contributed by atoms with van der Waals surface area (Å²) in [6.45, 7) is 1.54. The molecule has 0 unspecified atom stereocenters. The Kier molecular flexibility index (Phi) is 7.89. The minimum absolute atomic E-state index is 0.0314. The van der Waals surface area contributed by atoms with E-state index in [1.54, 1.807) is 52.5 Å². The molecule has 1 aromatic heterocycles. The van der Waals surface area contributed by atoms with Crippen molar-refractivity contribution in [2.45, 2.75) is 44.7 Å². The average molecular weight is 505 g/mol. The van der Waals surface area contributed by atoms with Gasteiger partial charge in [-0.3, -0.25) is 9.59 Å². The fourth-order valence-corrected chi connectivity index (χ4v) is 4.05. The van der Waals surface area contributed by atoms with Crippen LogP contribution in [0.15, 0.2) is 28.9 Å². The number of hydrogen-bond donors (Lipinski definition) is 3. The number of aromatic nitrogens is 2. The molecule has 9 nitrogen and oxygen atoms in total. The summed E-state index contributed by atoms with van der Waals surface area (Å²) in [6.07, 6.45) is 5.73. The van der Waals surface area contributed by atoms with Gasteiger partial charge in [0.1, 0.15) is 11.6 Å².